The molecule has 3 N–H and O–H groups in total. The summed E-state index contributed by atoms with van der Waals surface area (Å²) in [5.74, 6) is 5.80. The Bertz CT molecular complexity index is 631. The van der Waals surface area contributed by atoms with E-state index < -0.39 is 0 Å². The molecule has 2 aromatic rings. The van der Waals surface area contributed by atoms with Crippen LogP contribution in [0.25, 0.3) is 0 Å². The predicted octanol–water partition coefficient (Wildman–Crippen LogP) is 2.36. The SMILES string of the molecule is Cc1ccc(C(=O)NCc2sccc2C#CCN)s1. The monoisotopic (exact) mass is 290 g/mol. The van der Waals surface area contributed by atoms with E-state index in [0.717, 1.165) is 20.2 Å². The third-order valence-corrected chi connectivity index (χ3v) is 4.36. The standard InChI is InChI=1S/C14H14N2OS2/c1-10-4-5-12(19-10)14(17)16-9-13-11(3-2-7-15)6-8-18-13/h4-6,8H,7,9,15H2,1H3,(H,16,17). The lowest BCUT2D eigenvalue weighted by Crippen LogP contribution is -2.21. The quantitative estimate of drug-likeness (QED) is 0.853. The summed E-state index contributed by atoms with van der Waals surface area (Å²) in [5, 5.41) is 4.88. The first-order valence-corrected chi connectivity index (χ1v) is 7.50. The zero-order valence-electron chi connectivity index (χ0n) is 10.5. The highest BCUT2D eigenvalue weighted by Gasteiger charge is 2.09. The second kappa shape index (κ2) is 6.53. The summed E-state index contributed by atoms with van der Waals surface area (Å²) in [5.41, 5.74) is 6.30. The van der Waals surface area contributed by atoms with E-state index in [1.54, 1.807) is 11.3 Å². The lowest BCUT2D eigenvalue weighted by molar-refractivity contribution is 0.0955. The van der Waals surface area contributed by atoms with Crippen LogP contribution < -0.4 is 11.1 Å². The molecule has 0 radical (unpaired) electrons. The Balaban J connectivity index is 1.99. The van der Waals surface area contributed by atoms with Gasteiger partial charge in [0.15, 0.2) is 0 Å². The highest BCUT2D eigenvalue weighted by atomic mass is 32.1. The first kappa shape index (κ1) is 13.8. The number of aryl methyl sites for hydroxylation is 1. The lowest BCUT2D eigenvalue weighted by atomic mass is 10.2. The van der Waals surface area contributed by atoms with Crippen LogP contribution >= 0.6 is 22.7 Å². The average Bonchev–Trinajstić information content (AvgIpc) is 3.02. The van der Waals surface area contributed by atoms with Crippen molar-refractivity contribution in [3.8, 4) is 11.8 Å². The van der Waals surface area contributed by atoms with Crippen LogP contribution in [0.5, 0.6) is 0 Å². The smallest absolute Gasteiger partial charge is 0.261 e. The van der Waals surface area contributed by atoms with Crippen LogP contribution in [0, 0.1) is 18.8 Å². The van der Waals surface area contributed by atoms with E-state index in [1.165, 1.54) is 11.3 Å². The fourth-order valence-corrected chi connectivity index (χ4v) is 3.09. The summed E-state index contributed by atoms with van der Waals surface area (Å²) in [7, 11) is 0. The second-order valence-corrected chi connectivity index (χ2v) is 6.14. The van der Waals surface area contributed by atoms with Crippen LogP contribution in [0.1, 0.15) is 25.0 Å². The van der Waals surface area contributed by atoms with Gasteiger partial charge in [0.05, 0.1) is 18.0 Å². The van der Waals surface area contributed by atoms with Gasteiger partial charge in [0.25, 0.3) is 5.91 Å². The molecular formula is C14H14N2OS2. The van der Waals surface area contributed by atoms with Crippen molar-refractivity contribution in [1.82, 2.24) is 5.32 Å². The molecule has 0 aliphatic heterocycles. The zero-order chi connectivity index (χ0) is 13.7. The highest BCUT2D eigenvalue weighted by Crippen LogP contribution is 2.17. The normalized spacial score (nSPS) is 9.79. The maximum absolute atomic E-state index is 11.9. The molecule has 0 unspecified atom stereocenters. The number of nitrogens with one attached hydrogen (secondary N) is 1. The van der Waals surface area contributed by atoms with Gasteiger partial charge in [0.1, 0.15) is 0 Å². The molecule has 2 aromatic heterocycles. The van der Waals surface area contributed by atoms with Crippen molar-refractivity contribution in [1.29, 1.82) is 0 Å². The van der Waals surface area contributed by atoms with Crippen molar-refractivity contribution in [3.05, 3.63) is 43.8 Å². The molecule has 0 saturated carbocycles. The fraction of sp³-hybridized carbons (Fsp3) is 0.214. The Hall–Kier alpha value is -1.61. The Morgan fingerprint density at radius 3 is 2.95 bits per heavy atom. The van der Waals surface area contributed by atoms with E-state index >= 15 is 0 Å². The van der Waals surface area contributed by atoms with E-state index in [4.69, 9.17) is 5.73 Å². The first-order chi connectivity index (χ1) is 9.20. The molecule has 0 fully saturated rings. The largest absolute Gasteiger partial charge is 0.346 e. The van der Waals surface area contributed by atoms with Gasteiger partial charge in [-0.3, -0.25) is 4.79 Å². The van der Waals surface area contributed by atoms with E-state index in [9.17, 15) is 4.79 Å². The molecule has 2 rings (SSSR count). The maximum atomic E-state index is 11.9. The van der Waals surface area contributed by atoms with Crippen LogP contribution in [0.3, 0.4) is 0 Å². The lowest BCUT2D eigenvalue weighted by Gasteiger charge is -2.02. The Morgan fingerprint density at radius 2 is 2.26 bits per heavy atom. The van der Waals surface area contributed by atoms with Crippen molar-refractivity contribution in [2.24, 2.45) is 5.73 Å². The minimum atomic E-state index is -0.0377. The number of hydrogen-bond acceptors (Lipinski definition) is 4. The molecule has 0 aliphatic rings. The van der Waals surface area contributed by atoms with E-state index in [0.29, 0.717) is 13.1 Å². The zero-order valence-corrected chi connectivity index (χ0v) is 12.2. The number of carbonyl (C=O) groups is 1. The summed E-state index contributed by atoms with van der Waals surface area (Å²) in [4.78, 5) is 14.9. The number of amides is 1. The van der Waals surface area contributed by atoms with Crippen molar-refractivity contribution in [3.63, 3.8) is 0 Å². The molecule has 0 atom stereocenters. The van der Waals surface area contributed by atoms with Gasteiger partial charge in [0.2, 0.25) is 0 Å². The van der Waals surface area contributed by atoms with Gasteiger partial charge >= 0.3 is 0 Å². The van der Waals surface area contributed by atoms with Crippen LogP contribution in [0.4, 0.5) is 0 Å². The number of hydrogen-bond donors (Lipinski definition) is 2. The third-order valence-electron chi connectivity index (χ3n) is 2.44. The molecule has 0 aromatic carbocycles. The van der Waals surface area contributed by atoms with Crippen molar-refractivity contribution >= 4 is 28.6 Å². The summed E-state index contributed by atoms with van der Waals surface area (Å²) in [6, 6.07) is 5.74. The van der Waals surface area contributed by atoms with Crippen LogP contribution in [0.15, 0.2) is 23.6 Å². The molecular weight excluding hydrogens is 276 g/mol. The van der Waals surface area contributed by atoms with E-state index in [2.05, 4.69) is 17.2 Å². The predicted molar refractivity (Wildman–Crippen MR) is 80.5 cm³/mol. The summed E-state index contributed by atoms with van der Waals surface area (Å²) in [6.45, 7) is 2.83. The molecule has 19 heavy (non-hydrogen) atoms. The van der Waals surface area contributed by atoms with Crippen molar-refractivity contribution in [2.45, 2.75) is 13.5 Å². The van der Waals surface area contributed by atoms with Crippen molar-refractivity contribution in [2.75, 3.05) is 6.54 Å². The Labute approximate surface area is 120 Å². The van der Waals surface area contributed by atoms with Gasteiger partial charge in [-0.05, 0) is 30.5 Å². The van der Waals surface area contributed by atoms with Crippen molar-refractivity contribution < 1.29 is 4.79 Å². The summed E-state index contributed by atoms with van der Waals surface area (Å²) >= 11 is 3.09. The highest BCUT2D eigenvalue weighted by molar-refractivity contribution is 7.14. The van der Waals surface area contributed by atoms with Gasteiger partial charge in [-0.15, -0.1) is 22.7 Å². The maximum Gasteiger partial charge on any atom is 0.261 e. The third kappa shape index (κ3) is 3.67. The number of thiophene rings is 2. The van der Waals surface area contributed by atoms with Crippen LogP contribution in [-0.4, -0.2) is 12.5 Å². The number of nitrogens with two attached hydrogens (primary N) is 1. The van der Waals surface area contributed by atoms with Gasteiger partial charge < -0.3 is 11.1 Å². The minimum absolute atomic E-state index is 0.0377. The molecule has 3 nitrogen and oxygen atoms in total. The van der Waals surface area contributed by atoms with Gasteiger partial charge in [0, 0.05) is 15.3 Å². The molecule has 98 valence electrons. The first-order valence-electron chi connectivity index (χ1n) is 5.80. The van der Waals surface area contributed by atoms with Gasteiger partial charge in [-0.2, -0.15) is 0 Å². The topological polar surface area (TPSA) is 55.1 Å². The Morgan fingerprint density at radius 1 is 1.42 bits per heavy atom. The Kier molecular flexibility index (Phi) is 4.74. The number of carbonyl (C=O) groups excluding carboxylic acids is 1. The number of rotatable bonds is 3. The molecule has 1 amide bonds. The second-order valence-electron chi connectivity index (χ2n) is 3.86. The average molecular weight is 290 g/mol. The summed E-state index contributed by atoms with van der Waals surface area (Å²) < 4.78 is 0. The van der Waals surface area contributed by atoms with Crippen LogP contribution in [-0.2, 0) is 6.54 Å². The summed E-state index contributed by atoms with van der Waals surface area (Å²) in [6.07, 6.45) is 0. The van der Waals surface area contributed by atoms with Crippen LogP contribution in [0.2, 0.25) is 0 Å². The molecule has 0 spiro atoms. The molecule has 5 heteroatoms. The van der Waals surface area contributed by atoms with E-state index in [1.807, 2.05) is 30.5 Å². The minimum Gasteiger partial charge on any atom is -0.346 e. The molecule has 0 saturated heterocycles. The van der Waals surface area contributed by atoms with Gasteiger partial charge in [-0.1, -0.05) is 11.8 Å². The fourth-order valence-electron chi connectivity index (χ4n) is 1.54. The molecule has 0 aliphatic carbocycles. The molecule has 0 bridgehead atoms. The van der Waals surface area contributed by atoms with Gasteiger partial charge in [-0.25, -0.2) is 0 Å². The van der Waals surface area contributed by atoms with E-state index in [-0.39, 0.29) is 5.91 Å². The molecule has 2 heterocycles.